The summed E-state index contributed by atoms with van der Waals surface area (Å²) < 4.78 is 0.974. The molecule has 1 saturated heterocycles. The summed E-state index contributed by atoms with van der Waals surface area (Å²) in [5.74, 6) is -0.871. The van der Waals surface area contributed by atoms with E-state index in [4.69, 9.17) is 0 Å². The third-order valence-electron chi connectivity index (χ3n) is 4.04. The van der Waals surface area contributed by atoms with Gasteiger partial charge in [0.15, 0.2) is 0 Å². The summed E-state index contributed by atoms with van der Waals surface area (Å²) in [5.41, 5.74) is 0.129. The highest BCUT2D eigenvalue weighted by molar-refractivity contribution is 14.1. The lowest BCUT2D eigenvalue weighted by atomic mass is 9.92. The topological polar surface area (TPSA) is 78.5 Å². The van der Waals surface area contributed by atoms with Crippen molar-refractivity contribution in [2.24, 2.45) is 0 Å². The van der Waals surface area contributed by atoms with Gasteiger partial charge in [-0.15, -0.1) is 0 Å². The van der Waals surface area contributed by atoms with Crippen LogP contribution in [0.5, 0.6) is 0 Å². The van der Waals surface area contributed by atoms with Crippen LogP contribution >= 0.6 is 22.6 Å². The zero-order valence-corrected chi connectivity index (χ0v) is 15.6. The number of hydrogen-bond acceptors (Lipinski definition) is 3. The Morgan fingerprint density at radius 2 is 1.88 bits per heavy atom. The van der Waals surface area contributed by atoms with Crippen LogP contribution < -0.4 is 10.6 Å². The minimum Gasteiger partial charge on any atom is -0.324 e. The van der Waals surface area contributed by atoms with Crippen LogP contribution in [0.25, 0.3) is 0 Å². The van der Waals surface area contributed by atoms with Crippen molar-refractivity contribution in [3.8, 4) is 0 Å². The maximum absolute atomic E-state index is 12.7. The van der Waals surface area contributed by atoms with Crippen LogP contribution in [-0.4, -0.2) is 29.3 Å². The molecular formula is C18H16IN3O3. The standard InChI is InChI=1S/C18H16IN3O3/c1-18(12-6-3-2-4-7-12)16(24)22(17(25)21-18)11-15(23)20-14-9-5-8-13(19)10-14/h2-10H,11H2,1H3,(H,20,23)(H,21,25)/t18-/m1/s1. The zero-order chi connectivity index (χ0) is 18.0. The van der Waals surface area contributed by atoms with E-state index >= 15 is 0 Å². The van der Waals surface area contributed by atoms with Gasteiger partial charge in [0.2, 0.25) is 5.91 Å². The molecule has 0 aliphatic carbocycles. The van der Waals surface area contributed by atoms with E-state index in [9.17, 15) is 14.4 Å². The highest BCUT2D eigenvalue weighted by Crippen LogP contribution is 2.28. The minimum atomic E-state index is -1.17. The molecule has 2 aromatic rings. The predicted octanol–water partition coefficient (Wildman–Crippen LogP) is 2.70. The third kappa shape index (κ3) is 3.51. The fourth-order valence-electron chi connectivity index (χ4n) is 2.72. The molecule has 1 heterocycles. The Labute approximate surface area is 158 Å². The summed E-state index contributed by atoms with van der Waals surface area (Å²) >= 11 is 2.14. The summed E-state index contributed by atoms with van der Waals surface area (Å²) in [5, 5.41) is 5.38. The molecule has 128 valence electrons. The van der Waals surface area contributed by atoms with Gasteiger partial charge in [-0.2, -0.15) is 0 Å². The van der Waals surface area contributed by atoms with E-state index in [0.717, 1.165) is 8.47 Å². The van der Waals surface area contributed by atoms with Crippen LogP contribution in [0.2, 0.25) is 0 Å². The van der Waals surface area contributed by atoms with E-state index in [1.54, 1.807) is 43.3 Å². The number of benzene rings is 2. The average molecular weight is 449 g/mol. The van der Waals surface area contributed by atoms with E-state index in [0.29, 0.717) is 11.3 Å². The minimum absolute atomic E-state index is 0.335. The molecule has 25 heavy (non-hydrogen) atoms. The fraction of sp³-hybridized carbons (Fsp3) is 0.167. The van der Waals surface area contributed by atoms with Crippen LogP contribution in [0.4, 0.5) is 10.5 Å². The number of hydrogen-bond donors (Lipinski definition) is 2. The van der Waals surface area contributed by atoms with Crippen molar-refractivity contribution < 1.29 is 14.4 Å². The molecular weight excluding hydrogens is 433 g/mol. The van der Waals surface area contributed by atoms with Crippen molar-refractivity contribution in [3.05, 3.63) is 63.7 Å². The number of carbonyl (C=O) groups is 3. The van der Waals surface area contributed by atoms with E-state index in [-0.39, 0.29) is 6.54 Å². The summed E-state index contributed by atoms with van der Waals surface area (Å²) in [7, 11) is 0. The lowest BCUT2D eigenvalue weighted by Crippen LogP contribution is -2.42. The Morgan fingerprint density at radius 1 is 1.16 bits per heavy atom. The van der Waals surface area contributed by atoms with Crippen molar-refractivity contribution in [2.75, 3.05) is 11.9 Å². The largest absolute Gasteiger partial charge is 0.325 e. The van der Waals surface area contributed by atoms with Crippen molar-refractivity contribution in [2.45, 2.75) is 12.5 Å². The Bertz CT molecular complexity index is 840. The first-order chi connectivity index (χ1) is 11.9. The van der Waals surface area contributed by atoms with Gasteiger partial charge in [0.25, 0.3) is 5.91 Å². The molecule has 2 N–H and O–H groups in total. The quantitative estimate of drug-likeness (QED) is 0.557. The monoisotopic (exact) mass is 449 g/mol. The number of carbonyl (C=O) groups excluding carboxylic acids is 3. The molecule has 0 unspecified atom stereocenters. The first kappa shape index (κ1) is 17.4. The van der Waals surface area contributed by atoms with Gasteiger partial charge < -0.3 is 10.6 Å². The van der Waals surface area contributed by atoms with Crippen molar-refractivity contribution in [3.63, 3.8) is 0 Å². The molecule has 2 aromatic carbocycles. The smallest absolute Gasteiger partial charge is 0.324 e. The number of imide groups is 1. The van der Waals surface area contributed by atoms with Gasteiger partial charge in [-0.3, -0.25) is 14.5 Å². The van der Waals surface area contributed by atoms with E-state index in [1.165, 1.54) is 0 Å². The van der Waals surface area contributed by atoms with Gasteiger partial charge >= 0.3 is 6.03 Å². The van der Waals surface area contributed by atoms with E-state index in [2.05, 4.69) is 33.2 Å². The molecule has 0 spiro atoms. The van der Waals surface area contributed by atoms with Crippen LogP contribution in [0.1, 0.15) is 12.5 Å². The molecule has 0 aromatic heterocycles. The molecule has 1 aliphatic rings. The van der Waals surface area contributed by atoms with Crippen LogP contribution in [0.15, 0.2) is 54.6 Å². The molecule has 7 heteroatoms. The van der Waals surface area contributed by atoms with Crippen molar-refractivity contribution in [1.29, 1.82) is 0 Å². The zero-order valence-electron chi connectivity index (χ0n) is 13.5. The van der Waals surface area contributed by atoms with Crippen LogP contribution in [-0.2, 0) is 15.1 Å². The number of nitrogens with one attached hydrogen (secondary N) is 2. The van der Waals surface area contributed by atoms with Crippen molar-refractivity contribution >= 4 is 46.1 Å². The normalized spacial score (nSPS) is 19.7. The summed E-state index contributed by atoms with van der Waals surface area (Å²) in [6, 6.07) is 15.7. The number of anilines is 1. The Kier molecular flexibility index (Phi) is 4.76. The summed E-state index contributed by atoms with van der Waals surface area (Å²) in [6.07, 6.45) is 0. The highest BCUT2D eigenvalue weighted by atomic mass is 127. The van der Waals surface area contributed by atoms with Crippen LogP contribution in [0, 0.1) is 3.57 Å². The molecule has 1 aliphatic heterocycles. The number of nitrogens with zero attached hydrogens (tertiary/aromatic N) is 1. The molecule has 3 rings (SSSR count). The Morgan fingerprint density at radius 3 is 2.56 bits per heavy atom. The fourth-order valence-corrected chi connectivity index (χ4v) is 3.26. The molecule has 6 nitrogen and oxygen atoms in total. The molecule has 1 fully saturated rings. The van der Waals surface area contributed by atoms with E-state index in [1.807, 2.05) is 18.2 Å². The maximum Gasteiger partial charge on any atom is 0.325 e. The Balaban J connectivity index is 1.74. The maximum atomic E-state index is 12.7. The van der Waals surface area contributed by atoms with Crippen molar-refractivity contribution in [1.82, 2.24) is 10.2 Å². The second-order valence-corrected chi connectivity index (χ2v) is 7.12. The first-order valence-corrected chi connectivity index (χ1v) is 8.73. The molecule has 0 saturated carbocycles. The van der Waals surface area contributed by atoms with Gasteiger partial charge in [-0.05, 0) is 53.3 Å². The molecule has 4 amide bonds. The number of halogens is 1. The molecule has 0 radical (unpaired) electrons. The van der Waals surface area contributed by atoms with Gasteiger partial charge in [0.1, 0.15) is 12.1 Å². The van der Waals surface area contributed by atoms with E-state index < -0.39 is 23.4 Å². The second-order valence-electron chi connectivity index (χ2n) is 5.87. The number of rotatable bonds is 4. The Hall–Kier alpha value is -2.42. The number of urea groups is 1. The lowest BCUT2D eigenvalue weighted by Gasteiger charge is -2.22. The molecule has 1 atom stereocenters. The average Bonchev–Trinajstić information content (AvgIpc) is 2.80. The summed E-state index contributed by atoms with van der Waals surface area (Å²) in [6.45, 7) is 1.30. The molecule has 0 bridgehead atoms. The van der Waals surface area contributed by atoms with Gasteiger partial charge in [0.05, 0.1) is 0 Å². The first-order valence-electron chi connectivity index (χ1n) is 7.65. The lowest BCUT2D eigenvalue weighted by molar-refractivity contribution is -0.133. The van der Waals surface area contributed by atoms with Crippen LogP contribution in [0.3, 0.4) is 0 Å². The second kappa shape index (κ2) is 6.83. The third-order valence-corrected chi connectivity index (χ3v) is 4.71. The van der Waals surface area contributed by atoms with Gasteiger partial charge in [-0.1, -0.05) is 36.4 Å². The SMILES string of the molecule is C[C@]1(c2ccccc2)NC(=O)N(CC(=O)Nc2cccc(I)c2)C1=O. The predicted molar refractivity (Wildman–Crippen MR) is 102 cm³/mol. The van der Waals surface area contributed by atoms with Gasteiger partial charge in [-0.25, -0.2) is 4.79 Å². The summed E-state index contributed by atoms with van der Waals surface area (Å²) in [4.78, 5) is 38.1. The highest BCUT2D eigenvalue weighted by Gasteiger charge is 2.49. The number of amides is 4. The van der Waals surface area contributed by atoms with Gasteiger partial charge in [0, 0.05) is 9.26 Å².